The van der Waals surface area contributed by atoms with E-state index >= 15 is 0 Å². The van der Waals surface area contributed by atoms with E-state index in [2.05, 4.69) is 41.1 Å². The van der Waals surface area contributed by atoms with Gasteiger partial charge >= 0.3 is 5.97 Å². The van der Waals surface area contributed by atoms with Crippen LogP contribution in [0.2, 0.25) is 0 Å². The Labute approximate surface area is 220 Å². The lowest BCUT2D eigenvalue weighted by molar-refractivity contribution is 0.0600. The summed E-state index contributed by atoms with van der Waals surface area (Å²) in [6, 6.07) is 18.3. The average Bonchev–Trinajstić information content (AvgIpc) is 3.48. The molecular weight excluding hydrogens is 462 g/mol. The number of ether oxygens (including phenoxy) is 2. The highest BCUT2D eigenvalue weighted by molar-refractivity contribution is 5.89. The maximum Gasteiger partial charge on any atom is 0.337 e. The van der Waals surface area contributed by atoms with E-state index in [1.165, 1.54) is 32.8 Å². The molecule has 0 radical (unpaired) electrons. The van der Waals surface area contributed by atoms with Crippen LogP contribution in [-0.4, -0.2) is 35.2 Å². The van der Waals surface area contributed by atoms with Crippen molar-refractivity contribution >= 4 is 11.9 Å². The van der Waals surface area contributed by atoms with Crippen LogP contribution in [-0.2, 0) is 11.3 Å². The van der Waals surface area contributed by atoms with E-state index in [4.69, 9.17) is 14.5 Å². The molecule has 1 heterocycles. The zero-order chi connectivity index (χ0) is 25.6. The van der Waals surface area contributed by atoms with E-state index in [0.717, 1.165) is 60.1 Å². The fourth-order valence-electron chi connectivity index (χ4n) is 5.58. The van der Waals surface area contributed by atoms with Gasteiger partial charge in [-0.1, -0.05) is 31.9 Å². The number of methoxy groups -OCH3 is 1. The third kappa shape index (κ3) is 6.30. The summed E-state index contributed by atoms with van der Waals surface area (Å²) in [5.41, 5.74) is 3.55. The Morgan fingerprint density at radius 3 is 2.46 bits per heavy atom. The highest BCUT2D eigenvalue weighted by atomic mass is 16.5. The highest BCUT2D eigenvalue weighted by Crippen LogP contribution is 2.31. The SMILES string of the molecule is COC(=O)c1cccc(CN(c2nccc(-c3ccc(O[C@H]4CC[C@H](C)CC4)cc3)n2)C2CCCC2)c1. The molecule has 2 aliphatic rings. The lowest BCUT2D eigenvalue weighted by Crippen LogP contribution is -2.34. The second-order valence-corrected chi connectivity index (χ2v) is 10.5. The van der Waals surface area contributed by atoms with Gasteiger partial charge in [-0.2, -0.15) is 0 Å². The molecule has 1 aromatic heterocycles. The first-order valence-corrected chi connectivity index (χ1v) is 13.6. The number of carbonyl (C=O) groups excluding carboxylic acids is 1. The van der Waals surface area contributed by atoms with Crippen LogP contribution >= 0.6 is 0 Å². The van der Waals surface area contributed by atoms with Gasteiger partial charge in [0.05, 0.1) is 24.5 Å². The molecule has 0 unspecified atom stereocenters. The first kappa shape index (κ1) is 25.2. The molecule has 0 spiro atoms. The molecule has 6 nitrogen and oxygen atoms in total. The van der Waals surface area contributed by atoms with Crippen LogP contribution in [0.4, 0.5) is 5.95 Å². The Bertz CT molecular complexity index is 1180. The van der Waals surface area contributed by atoms with E-state index in [1.54, 1.807) is 6.07 Å². The van der Waals surface area contributed by atoms with Gasteiger partial charge in [0.15, 0.2) is 0 Å². The van der Waals surface area contributed by atoms with Crippen LogP contribution < -0.4 is 9.64 Å². The highest BCUT2D eigenvalue weighted by Gasteiger charge is 2.26. The first-order valence-electron chi connectivity index (χ1n) is 13.6. The second kappa shape index (κ2) is 11.8. The fourth-order valence-corrected chi connectivity index (χ4v) is 5.58. The van der Waals surface area contributed by atoms with Crippen LogP contribution in [0.1, 0.15) is 74.2 Å². The summed E-state index contributed by atoms with van der Waals surface area (Å²) in [4.78, 5) is 24.0. The molecule has 2 aliphatic carbocycles. The van der Waals surface area contributed by atoms with Crippen molar-refractivity contribution in [3.63, 3.8) is 0 Å². The van der Waals surface area contributed by atoms with Crippen LogP contribution in [0.15, 0.2) is 60.8 Å². The molecule has 2 aromatic carbocycles. The zero-order valence-corrected chi connectivity index (χ0v) is 21.9. The summed E-state index contributed by atoms with van der Waals surface area (Å²) in [7, 11) is 1.41. The normalized spacial score (nSPS) is 19.9. The Hall–Kier alpha value is -3.41. The Morgan fingerprint density at radius 1 is 0.973 bits per heavy atom. The largest absolute Gasteiger partial charge is 0.490 e. The quantitative estimate of drug-likeness (QED) is 0.316. The lowest BCUT2D eigenvalue weighted by atomic mass is 9.89. The molecule has 0 bridgehead atoms. The van der Waals surface area contributed by atoms with Gasteiger partial charge in [0.1, 0.15) is 5.75 Å². The maximum atomic E-state index is 12.1. The van der Waals surface area contributed by atoms with Crippen LogP contribution in [0.3, 0.4) is 0 Å². The maximum absolute atomic E-state index is 12.1. The number of nitrogens with zero attached hydrogens (tertiary/aromatic N) is 3. The minimum atomic E-state index is -0.321. The molecule has 6 heteroatoms. The Morgan fingerprint density at radius 2 is 1.73 bits per heavy atom. The number of aromatic nitrogens is 2. The van der Waals surface area contributed by atoms with Gasteiger partial charge in [-0.25, -0.2) is 14.8 Å². The summed E-state index contributed by atoms with van der Waals surface area (Å²) in [5.74, 6) is 2.15. The van der Waals surface area contributed by atoms with Crippen LogP contribution in [0, 0.1) is 5.92 Å². The van der Waals surface area contributed by atoms with E-state index < -0.39 is 0 Å². The summed E-state index contributed by atoms with van der Waals surface area (Å²) in [6.07, 6.45) is 11.6. The number of hydrogen-bond donors (Lipinski definition) is 0. The van der Waals surface area contributed by atoms with Crippen LogP contribution in [0.25, 0.3) is 11.3 Å². The summed E-state index contributed by atoms with van der Waals surface area (Å²) in [6.45, 7) is 2.97. The predicted molar refractivity (Wildman–Crippen MR) is 146 cm³/mol. The molecule has 0 atom stereocenters. The molecule has 0 N–H and O–H groups in total. The summed E-state index contributed by atoms with van der Waals surface area (Å²) >= 11 is 0. The van der Waals surface area contributed by atoms with Crippen molar-refractivity contribution in [1.29, 1.82) is 0 Å². The van der Waals surface area contributed by atoms with Gasteiger partial charge in [0.2, 0.25) is 5.95 Å². The molecule has 0 amide bonds. The van der Waals surface area contributed by atoms with Crippen molar-refractivity contribution < 1.29 is 14.3 Å². The standard InChI is InChI=1S/C31H37N3O3/c1-22-10-14-27(15-11-22)37-28-16-12-24(13-17-28)29-18-19-32-31(33-29)34(26-8-3-4-9-26)21-23-6-5-7-25(20-23)30(35)36-2/h5-7,12-13,16-20,22,26-27H,3-4,8-11,14-15,21H2,1-2H3/t22-,27-. The number of rotatable bonds is 8. The number of hydrogen-bond acceptors (Lipinski definition) is 6. The molecule has 194 valence electrons. The summed E-state index contributed by atoms with van der Waals surface area (Å²) in [5, 5.41) is 0. The smallest absolute Gasteiger partial charge is 0.337 e. The molecule has 5 rings (SSSR count). The van der Waals surface area contributed by atoms with Crippen molar-refractivity contribution in [3.8, 4) is 17.0 Å². The number of esters is 1. The molecule has 0 saturated heterocycles. The van der Waals surface area contributed by atoms with Crippen molar-refractivity contribution in [3.05, 3.63) is 71.9 Å². The molecule has 2 fully saturated rings. The van der Waals surface area contributed by atoms with Crippen molar-refractivity contribution in [2.75, 3.05) is 12.0 Å². The zero-order valence-electron chi connectivity index (χ0n) is 21.9. The van der Waals surface area contributed by atoms with E-state index in [0.29, 0.717) is 24.3 Å². The van der Waals surface area contributed by atoms with E-state index in [9.17, 15) is 4.79 Å². The second-order valence-electron chi connectivity index (χ2n) is 10.5. The minimum absolute atomic E-state index is 0.321. The Balaban J connectivity index is 1.34. The van der Waals surface area contributed by atoms with Crippen LogP contribution in [0.5, 0.6) is 5.75 Å². The molecule has 37 heavy (non-hydrogen) atoms. The molecule has 2 saturated carbocycles. The van der Waals surface area contributed by atoms with Gasteiger partial charge in [0.25, 0.3) is 0 Å². The van der Waals surface area contributed by atoms with Gasteiger partial charge in [-0.15, -0.1) is 0 Å². The van der Waals surface area contributed by atoms with E-state index in [1.807, 2.05) is 30.5 Å². The number of carbonyl (C=O) groups is 1. The third-order valence-corrected chi connectivity index (χ3v) is 7.78. The van der Waals surface area contributed by atoms with Gasteiger partial charge in [0, 0.05) is 24.3 Å². The monoisotopic (exact) mass is 499 g/mol. The van der Waals surface area contributed by atoms with Crippen molar-refractivity contribution in [2.45, 2.75) is 77.0 Å². The van der Waals surface area contributed by atoms with Crippen molar-refractivity contribution in [1.82, 2.24) is 9.97 Å². The van der Waals surface area contributed by atoms with Crippen molar-refractivity contribution in [2.24, 2.45) is 5.92 Å². The van der Waals surface area contributed by atoms with Gasteiger partial charge < -0.3 is 14.4 Å². The van der Waals surface area contributed by atoms with Gasteiger partial charge in [-0.3, -0.25) is 0 Å². The summed E-state index contributed by atoms with van der Waals surface area (Å²) < 4.78 is 11.2. The van der Waals surface area contributed by atoms with Gasteiger partial charge in [-0.05, 0) is 92.5 Å². The predicted octanol–water partition coefficient (Wildman–Crippen LogP) is 6.84. The topological polar surface area (TPSA) is 64.5 Å². The molecular formula is C31H37N3O3. The minimum Gasteiger partial charge on any atom is -0.490 e. The number of anilines is 1. The number of benzene rings is 2. The lowest BCUT2D eigenvalue weighted by Gasteiger charge is -2.29. The average molecular weight is 500 g/mol. The first-order chi connectivity index (χ1) is 18.1. The van der Waals surface area contributed by atoms with E-state index in [-0.39, 0.29) is 5.97 Å². The Kier molecular flexibility index (Phi) is 8.02. The fraction of sp³-hybridized carbons (Fsp3) is 0.452. The molecule has 3 aromatic rings. The third-order valence-electron chi connectivity index (χ3n) is 7.78. The molecule has 0 aliphatic heterocycles.